The predicted octanol–water partition coefficient (Wildman–Crippen LogP) is 2.07. The van der Waals surface area contributed by atoms with Gasteiger partial charge in [-0.15, -0.1) is 0 Å². The van der Waals surface area contributed by atoms with Crippen molar-refractivity contribution in [2.24, 2.45) is 0 Å². The van der Waals surface area contributed by atoms with Crippen molar-refractivity contribution in [2.45, 2.75) is 25.8 Å². The lowest BCUT2D eigenvalue weighted by atomic mass is 10.0. The second kappa shape index (κ2) is 7.75. The Kier molecular flexibility index (Phi) is 5.72. The molecule has 1 atom stereocenters. The van der Waals surface area contributed by atoms with Crippen molar-refractivity contribution in [3.05, 3.63) is 53.3 Å². The molecule has 0 unspecified atom stereocenters. The smallest absolute Gasteiger partial charge is 0.220 e. The molecule has 0 saturated heterocycles. The molecule has 0 aliphatic heterocycles. The Morgan fingerprint density at radius 2 is 2.05 bits per heavy atom. The van der Waals surface area contributed by atoms with Gasteiger partial charge in [-0.3, -0.25) is 9.89 Å². The van der Waals surface area contributed by atoms with Crippen LogP contribution in [0.3, 0.4) is 0 Å². The van der Waals surface area contributed by atoms with Crippen LogP contribution in [-0.4, -0.2) is 41.6 Å². The molecule has 1 heterocycles. The third kappa shape index (κ3) is 4.70. The number of carbonyl (C=O) groups excluding carboxylic acids is 1. The number of hydrogen-bond donors (Lipinski definition) is 2. The van der Waals surface area contributed by atoms with E-state index >= 15 is 0 Å². The summed E-state index contributed by atoms with van der Waals surface area (Å²) in [5.74, 6) is 0.0696. The van der Waals surface area contributed by atoms with Crippen molar-refractivity contribution >= 4 is 5.91 Å². The molecule has 1 aromatic carbocycles. The predicted molar refractivity (Wildman–Crippen MR) is 87.5 cm³/mol. The van der Waals surface area contributed by atoms with Gasteiger partial charge < -0.3 is 10.2 Å². The number of nitrogens with zero attached hydrogens (tertiary/aromatic N) is 2. The van der Waals surface area contributed by atoms with E-state index in [1.807, 2.05) is 20.3 Å². The molecule has 0 saturated carbocycles. The highest BCUT2D eigenvalue weighted by Gasteiger charge is 2.15. The lowest BCUT2D eigenvalue weighted by molar-refractivity contribution is -0.121. The molecule has 5 nitrogen and oxygen atoms in total. The summed E-state index contributed by atoms with van der Waals surface area (Å²) in [7, 11) is 4.06. The van der Waals surface area contributed by atoms with Crippen molar-refractivity contribution in [3.8, 4) is 0 Å². The maximum Gasteiger partial charge on any atom is 0.220 e. The SMILES string of the molecule is Cc1ccc([C@@H](CNC(=O)CCc2cn[nH]c2)N(C)C)cc1. The molecule has 5 heteroatoms. The Balaban J connectivity index is 1.86. The van der Waals surface area contributed by atoms with Crippen LogP contribution in [0.15, 0.2) is 36.7 Å². The molecule has 118 valence electrons. The maximum atomic E-state index is 12.0. The van der Waals surface area contributed by atoms with E-state index in [2.05, 4.69) is 51.6 Å². The zero-order valence-corrected chi connectivity index (χ0v) is 13.5. The molecular formula is C17H24N4O. The fraction of sp³-hybridized carbons (Fsp3) is 0.412. The summed E-state index contributed by atoms with van der Waals surface area (Å²) in [5.41, 5.74) is 3.51. The number of H-pyrrole nitrogens is 1. The second-order valence-corrected chi connectivity index (χ2v) is 5.80. The third-order valence-corrected chi connectivity index (χ3v) is 3.77. The standard InChI is InChI=1S/C17H24N4O/c1-13-4-7-15(8-5-13)16(21(2)3)12-18-17(22)9-6-14-10-19-20-11-14/h4-5,7-8,10-11,16H,6,9,12H2,1-3H3,(H,18,22)(H,19,20)/t16-/m1/s1. The van der Waals surface area contributed by atoms with Gasteiger partial charge >= 0.3 is 0 Å². The van der Waals surface area contributed by atoms with Gasteiger partial charge in [-0.2, -0.15) is 5.10 Å². The molecule has 0 bridgehead atoms. The molecule has 1 amide bonds. The number of aryl methyl sites for hydroxylation is 2. The molecule has 0 radical (unpaired) electrons. The summed E-state index contributed by atoms with van der Waals surface area (Å²) in [6, 6.07) is 8.63. The van der Waals surface area contributed by atoms with Gasteiger partial charge in [0.15, 0.2) is 0 Å². The number of likely N-dealkylation sites (N-methyl/N-ethyl adjacent to an activating group) is 1. The van der Waals surface area contributed by atoms with Gasteiger partial charge in [-0.05, 0) is 38.6 Å². The number of aromatic amines is 1. The van der Waals surface area contributed by atoms with E-state index in [9.17, 15) is 4.79 Å². The van der Waals surface area contributed by atoms with E-state index in [0.717, 1.165) is 5.56 Å². The first-order chi connectivity index (χ1) is 10.6. The second-order valence-electron chi connectivity index (χ2n) is 5.80. The largest absolute Gasteiger partial charge is 0.354 e. The number of rotatable bonds is 7. The van der Waals surface area contributed by atoms with Crippen LogP contribution in [0.4, 0.5) is 0 Å². The summed E-state index contributed by atoms with van der Waals surface area (Å²) in [6.07, 6.45) is 4.76. The van der Waals surface area contributed by atoms with Crippen LogP contribution in [0.1, 0.15) is 29.2 Å². The quantitative estimate of drug-likeness (QED) is 0.823. The fourth-order valence-corrected chi connectivity index (χ4v) is 2.36. The number of carbonyl (C=O) groups is 1. The summed E-state index contributed by atoms with van der Waals surface area (Å²) < 4.78 is 0. The van der Waals surface area contributed by atoms with Crippen LogP contribution in [0.2, 0.25) is 0 Å². The van der Waals surface area contributed by atoms with Gasteiger partial charge in [0.25, 0.3) is 0 Å². The number of nitrogens with one attached hydrogen (secondary N) is 2. The van der Waals surface area contributed by atoms with Crippen molar-refractivity contribution in [1.82, 2.24) is 20.4 Å². The average Bonchev–Trinajstić information content (AvgIpc) is 3.00. The molecule has 0 aliphatic rings. The van der Waals surface area contributed by atoms with Gasteiger partial charge in [0.1, 0.15) is 0 Å². The first-order valence-corrected chi connectivity index (χ1v) is 7.53. The van der Waals surface area contributed by atoms with Crippen molar-refractivity contribution in [3.63, 3.8) is 0 Å². The molecule has 0 spiro atoms. The zero-order chi connectivity index (χ0) is 15.9. The highest BCUT2D eigenvalue weighted by atomic mass is 16.1. The zero-order valence-electron chi connectivity index (χ0n) is 13.5. The van der Waals surface area contributed by atoms with E-state index in [-0.39, 0.29) is 11.9 Å². The Labute approximate surface area is 131 Å². The maximum absolute atomic E-state index is 12.0. The normalized spacial score (nSPS) is 12.4. The van der Waals surface area contributed by atoms with Gasteiger partial charge in [0.2, 0.25) is 5.91 Å². The van der Waals surface area contributed by atoms with Gasteiger partial charge in [-0.1, -0.05) is 29.8 Å². The van der Waals surface area contributed by atoms with Crippen LogP contribution in [0.25, 0.3) is 0 Å². The highest BCUT2D eigenvalue weighted by Crippen LogP contribution is 2.17. The molecule has 0 fully saturated rings. The van der Waals surface area contributed by atoms with Crippen LogP contribution in [-0.2, 0) is 11.2 Å². The van der Waals surface area contributed by atoms with E-state index < -0.39 is 0 Å². The Bertz CT molecular complexity index is 575. The molecule has 2 rings (SSSR count). The van der Waals surface area contributed by atoms with Crippen molar-refractivity contribution in [2.75, 3.05) is 20.6 Å². The Hall–Kier alpha value is -2.14. The molecule has 2 aromatic rings. The first kappa shape index (κ1) is 16.2. The highest BCUT2D eigenvalue weighted by molar-refractivity contribution is 5.76. The van der Waals surface area contributed by atoms with E-state index in [1.54, 1.807) is 6.20 Å². The molecule has 2 N–H and O–H groups in total. The van der Waals surface area contributed by atoms with Crippen LogP contribution in [0.5, 0.6) is 0 Å². The summed E-state index contributed by atoms with van der Waals surface area (Å²) in [6.45, 7) is 2.69. The minimum absolute atomic E-state index is 0.0696. The monoisotopic (exact) mass is 300 g/mol. The number of amides is 1. The van der Waals surface area contributed by atoms with Crippen molar-refractivity contribution < 1.29 is 4.79 Å². The molecular weight excluding hydrogens is 276 g/mol. The molecule has 1 aromatic heterocycles. The molecule has 0 aliphatic carbocycles. The minimum atomic E-state index is 0.0696. The van der Waals surface area contributed by atoms with Crippen LogP contribution < -0.4 is 5.32 Å². The fourth-order valence-electron chi connectivity index (χ4n) is 2.36. The number of aromatic nitrogens is 2. The van der Waals surface area contributed by atoms with Crippen molar-refractivity contribution in [1.29, 1.82) is 0 Å². The van der Waals surface area contributed by atoms with E-state index in [1.165, 1.54) is 11.1 Å². The summed E-state index contributed by atoms with van der Waals surface area (Å²) >= 11 is 0. The van der Waals surface area contributed by atoms with Gasteiger partial charge in [0.05, 0.1) is 12.2 Å². The van der Waals surface area contributed by atoms with E-state index in [0.29, 0.717) is 19.4 Å². The number of hydrogen-bond acceptors (Lipinski definition) is 3. The lowest BCUT2D eigenvalue weighted by Gasteiger charge is -2.25. The Morgan fingerprint density at radius 3 is 2.64 bits per heavy atom. The number of benzene rings is 1. The van der Waals surface area contributed by atoms with Gasteiger partial charge in [0, 0.05) is 19.2 Å². The molecule has 22 heavy (non-hydrogen) atoms. The van der Waals surface area contributed by atoms with Crippen LogP contribution >= 0.6 is 0 Å². The van der Waals surface area contributed by atoms with Gasteiger partial charge in [-0.25, -0.2) is 0 Å². The third-order valence-electron chi connectivity index (χ3n) is 3.77. The minimum Gasteiger partial charge on any atom is -0.354 e. The van der Waals surface area contributed by atoms with Crippen LogP contribution in [0, 0.1) is 6.92 Å². The topological polar surface area (TPSA) is 61.0 Å². The first-order valence-electron chi connectivity index (χ1n) is 7.53. The average molecular weight is 300 g/mol. The lowest BCUT2D eigenvalue weighted by Crippen LogP contribution is -2.34. The summed E-state index contributed by atoms with van der Waals surface area (Å²) in [4.78, 5) is 14.1. The Morgan fingerprint density at radius 1 is 1.32 bits per heavy atom. The van der Waals surface area contributed by atoms with E-state index in [4.69, 9.17) is 0 Å². The summed E-state index contributed by atoms with van der Waals surface area (Å²) in [5, 5.41) is 9.67.